The Labute approximate surface area is 96.2 Å². The van der Waals surface area contributed by atoms with Gasteiger partial charge in [0.1, 0.15) is 5.75 Å². The molecule has 0 aromatic heterocycles. The third-order valence-corrected chi connectivity index (χ3v) is 2.17. The number of hydrogen-bond acceptors (Lipinski definition) is 3. The lowest BCUT2D eigenvalue weighted by molar-refractivity contribution is -0.400. The summed E-state index contributed by atoms with van der Waals surface area (Å²) in [5.74, 6) is 0.394. The molecule has 1 aromatic rings. The predicted octanol–water partition coefficient (Wildman–Crippen LogP) is 3.25. The van der Waals surface area contributed by atoms with E-state index in [1.807, 2.05) is 0 Å². The zero-order chi connectivity index (χ0) is 11.4. The summed E-state index contributed by atoms with van der Waals surface area (Å²) in [5, 5.41) is 10.9. The van der Waals surface area contributed by atoms with Crippen LogP contribution in [0.5, 0.6) is 5.75 Å². The molecule has 0 N–H and O–H groups in total. The summed E-state index contributed by atoms with van der Waals surface area (Å²) in [4.78, 5) is 9.58. The molecule has 0 unspecified atom stereocenters. The Morgan fingerprint density at radius 1 is 1.47 bits per heavy atom. The van der Waals surface area contributed by atoms with E-state index in [4.69, 9.17) is 27.9 Å². The molecule has 0 bridgehead atoms. The minimum atomic E-state index is -0.579. The van der Waals surface area contributed by atoms with E-state index in [-0.39, 0.29) is 0 Å². The second-order valence-electron chi connectivity index (χ2n) is 2.60. The monoisotopic (exact) mass is 247 g/mol. The van der Waals surface area contributed by atoms with Crippen LogP contribution in [-0.2, 0) is 0 Å². The molecule has 0 saturated carbocycles. The number of benzene rings is 1. The summed E-state index contributed by atoms with van der Waals surface area (Å²) in [7, 11) is 1.44. The van der Waals surface area contributed by atoms with Gasteiger partial charge in [-0.2, -0.15) is 0 Å². The van der Waals surface area contributed by atoms with Crippen molar-refractivity contribution in [2.45, 2.75) is 0 Å². The summed E-state index contributed by atoms with van der Waals surface area (Å²) in [6, 6.07) is 3.03. The van der Waals surface area contributed by atoms with E-state index in [2.05, 4.69) is 0 Å². The fourth-order valence-electron chi connectivity index (χ4n) is 1.03. The van der Waals surface area contributed by atoms with E-state index in [9.17, 15) is 10.1 Å². The van der Waals surface area contributed by atoms with Crippen molar-refractivity contribution in [3.05, 3.63) is 44.1 Å². The summed E-state index contributed by atoms with van der Waals surface area (Å²) in [5.41, 5.74) is 0.431. The smallest absolute Gasteiger partial charge is 0.235 e. The zero-order valence-corrected chi connectivity index (χ0v) is 9.25. The molecule has 6 heteroatoms. The highest BCUT2D eigenvalue weighted by atomic mass is 35.5. The molecule has 0 fully saturated rings. The van der Waals surface area contributed by atoms with Crippen LogP contribution in [0, 0.1) is 10.1 Å². The quantitative estimate of drug-likeness (QED) is 0.609. The maximum Gasteiger partial charge on any atom is 0.235 e. The van der Waals surface area contributed by atoms with Crippen molar-refractivity contribution in [1.82, 2.24) is 0 Å². The number of nitrogens with zero attached hydrogens (tertiary/aromatic N) is 1. The first-order valence-corrected chi connectivity index (χ1v) is 4.65. The fourth-order valence-corrected chi connectivity index (χ4v) is 1.56. The van der Waals surface area contributed by atoms with Crippen LogP contribution >= 0.6 is 23.2 Å². The first kappa shape index (κ1) is 11.8. The van der Waals surface area contributed by atoms with Crippen molar-refractivity contribution in [3.63, 3.8) is 0 Å². The number of nitro groups is 1. The summed E-state index contributed by atoms with van der Waals surface area (Å²) < 4.78 is 5.00. The van der Waals surface area contributed by atoms with Crippen molar-refractivity contribution in [1.29, 1.82) is 0 Å². The number of hydrogen-bond donors (Lipinski definition) is 0. The molecular weight excluding hydrogens is 241 g/mol. The largest absolute Gasteiger partial charge is 0.496 e. The van der Waals surface area contributed by atoms with E-state index >= 15 is 0 Å². The maximum absolute atomic E-state index is 10.2. The van der Waals surface area contributed by atoms with Crippen LogP contribution in [0.4, 0.5) is 0 Å². The Kier molecular flexibility index (Phi) is 3.94. The number of ether oxygens (including phenoxy) is 1. The molecule has 0 aliphatic rings. The van der Waals surface area contributed by atoms with Gasteiger partial charge in [-0.05, 0) is 12.1 Å². The summed E-state index contributed by atoms with van der Waals surface area (Å²) in [6.45, 7) is 0. The average Bonchev–Trinajstić information content (AvgIpc) is 2.14. The minimum Gasteiger partial charge on any atom is -0.496 e. The molecule has 0 aliphatic heterocycles. The predicted molar refractivity (Wildman–Crippen MR) is 59.0 cm³/mol. The van der Waals surface area contributed by atoms with Gasteiger partial charge in [-0.3, -0.25) is 10.1 Å². The molecule has 4 nitrogen and oxygen atoms in total. The Morgan fingerprint density at radius 2 is 2.13 bits per heavy atom. The molecule has 80 valence electrons. The molecule has 0 atom stereocenters. The van der Waals surface area contributed by atoms with Crippen LogP contribution in [0.3, 0.4) is 0 Å². The molecule has 0 radical (unpaired) electrons. The standard InChI is InChI=1S/C9H7Cl2NO3/c1-15-9-5-6(10)4-8(11)7(9)2-3-12(13)14/h2-5H,1H3. The van der Waals surface area contributed by atoms with E-state index in [0.717, 1.165) is 6.20 Å². The van der Waals surface area contributed by atoms with Gasteiger partial charge < -0.3 is 4.74 Å². The molecule has 0 amide bonds. The molecule has 0 aliphatic carbocycles. The zero-order valence-electron chi connectivity index (χ0n) is 7.74. The summed E-state index contributed by atoms with van der Waals surface area (Å²) >= 11 is 11.6. The Hall–Kier alpha value is -1.26. The van der Waals surface area contributed by atoms with Crippen LogP contribution < -0.4 is 4.74 Å². The van der Waals surface area contributed by atoms with Gasteiger partial charge in [-0.15, -0.1) is 0 Å². The highest BCUT2D eigenvalue weighted by Crippen LogP contribution is 2.31. The first-order chi connectivity index (χ1) is 7.04. The maximum atomic E-state index is 10.2. The second-order valence-corrected chi connectivity index (χ2v) is 3.45. The van der Waals surface area contributed by atoms with Crippen molar-refractivity contribution >= 4 is 29.3 Å². The van der Waals surface area contributed by atoms with Crippen LogP contribution in [0.25, 0.3) is 6.08 Å². The second kappa shape index (κ2) is 5.00. The van der Waals surface area contributed by atoms with Crippen LogP contribution in [0.2, 0.25) is 10.0 Å². The van der Waals surface area contributed by atoms with Crippen molar-refractivity contribution < 1.29 is 9.66 Å². The lowest BCUT2D eigenvalue weighted by Crippen LogP contribution is -1.89. The van der Waals surface area contributed by atoms with Gasteiger partial charge in [-0.1, -0.05) is 23.2 Å². The molecular formula is C9H7Cl2NO3. The van der Waals surface area contributed by atoms with Crippen LogP contribution in [0.15, 0.2) is 18.3 Å². The highest BCUT2D eigenvalue weighted by Gasteiger charge is 2.08. The van der Waals surface area contributed by atoms with Crippen molar-refractivity contribution in [2.24, 2.45) is 0 Å². The average molecular weight is 248 g/mol. The molecule has 1 aromatic carbocycles. The Balaban J connectivity index is 3.20. The number of halogens is 2. The molecule has 0 heterocycles. The van der Waals surface area contributed by atoms with E-state index in [1.165, 1.54) is 25.3 Å². The third kappa shape index (κ3) is 3.11. The normalized spacial score (nSPS) is 10.6. The van der Waals surface area contributed by atoms with Gasteiger partial charge in [0.15, 0.2) is 0 Å². The van der Waals surface area contributed by atoms with Crippen LogP contribution in [-0.4, -0.2) is 12.0 Å². The third-order valence-electron chi connectivity index (χ3n) is 1.64. The lowest BCUT2D eigenvalue weighted by Gasteiger charge is -2.06. The highest BCUT2D eigenvalue weighted by molar-refractivity contribution is 6.35. The van der Waals surface area contributed by atoms with Crippen molar-refractivity contribution in [2.75, 3.05) is 7.11 Å². The topological polar surface area (TPSA) is 52.4 Å². The molecule has 15 heavy (non-hydrogen) atoms. The Bertz CT molecular complexity index is 418. The molecule has 1 rings (SSSR count). The van der Waals surface area contributed by atoms with E-state index in [1.54, 1.807) is 0 Å². The number of rotatable bonds is 3. The lowest BCUT2D eigenvalue weighted by atomic mass is 10.2. The molecule has 0 spiro atoms. The van der Waals surface area contributed by atoms with Crippen molar-refractivity contribution in [3.8, 4) is 5.75 Å². The van der Waals surface area contributed by atoms with Gasteiger partial charge in [0, 0.05) is 16.7 Å². The fraction of sp³-hybridized carbons (Fsp3) is 0.111. The minimum absolute atomic E-state index is 0.303. The SMILES string of the molecule is COc1cc(Cl)cc(Cl)c1C=C[N+](=O)[O-]. The molecule has 0 saturated heterocycles. The van der Waals surface area contributed by atoms with E-state index in [0.29, 0.717) is 21.4 Å². The van der Waals surface area contributed by atoms with Gasteiger partial charge in [-0.25, -0.2) is 0 Å². The first-order valence-electron chi connectivity index (χ1n) is 3.89. The van der Waals surface area contributed by atoms with Gasteiger partial charge in [0.05, 0.1) is 17.1 Å². The van der Waals surface area contributed by atoms with Gasteiger partial charge in [0.2, 0.25) is 6.20 Å². The summed E-state index contributed by atoms with van der Waals surface area (Å²) in [6.07, 6.45) is 2.05. The van der Waals surface area contributed by atoms with Gasteiger partial charge in [0.25, 0.3) is 0 Å². The van der Waals surface area contributed by atoms with Crippen LogP contribution in [0.1, 0.15) is 5.56 Å². The van der Waals surface area contributed by atoms with E-state index < -0.39 is 4.92 Å². The number of methoxy groups -OCH3 is 1. The Morgan fingerprint density at radius 3 is 2.67 bits per heavy atom. The van der Waals surface area contributed by atoms with Gasteiger partial charge >= 0.3 is 0 Å².